The smallest absolute Gasteiger partial charge is 0.130 e. The molecule has 0 radical (unpaired) electrons. The number of hydrogen-bond acceptors (Lipinski definition) is 5. The Labute approximate surface area is 136 Å². The van der Waals surface area contributed by atoms with Gasteiger partial charge in [-0.2, -0.15) is 0 Å². The van der Waals surface area contributed by atoms with Crippen molar-refractivity contribution in [1.29, 1.82) is 0 Å². The van der Waals surface area contributed by atoms with E-state index in [0.717, 1.165) is 35.3 Å². The number of aromatic nitrogens is 2. The zero-order valence-electron chi connectivity index (χ0n) is 13.4. The summed E-state index contributed by atoms with van der Waals surface area (Å²) in [6.45, 7) is 3.64. The lowest BCUT2D eigenvalue weighted by Gasteiger charge is -2.45. The van der Waals surface area contributed by atoms with Gasteiger partial charge in [-0.25, -0.2) is 9.97 Å². The average molecular weight is 310 g/mol. The van der Waals surface area contributed by atoms with E-state index in [2.05, 4.69) is 20.2 Å². The van der Waals surface area contributed by atoms with Gasteiger partial charge in [0.2, 0.25) is 0 Å². The molecule has 1 atom stereocenters. The van der Waals surface area contributed by atoms with Crippen LogP contribution in [0.5, 0.6) is 5.75 Å². The molecule has 3 saturated heterocycles. The second-order valence-electron chi connectivity index (χ2n) is 6.41. The summed E-state index contributed by atoms with van der Waals surface area (Å²) in [6.07, 6.45) is 4.24. The minimum atomic E-state index is 0.510. The van der Waals surface area contributed by atoms with Crippen LogP contribution in [0.3, 0.4) is 0 Å². The summed E-state index contributed by atoms with van der Waals surface area (Å²) in [4.78, 5) is 11.4. The van der Waals surface area contributed by atoms with Crippen LogP contribution in [0, 0.1) is 5.92 Å². The minimum Gasteiger partial charge on any atom is -0.497 e. The minimum absolute atomic E-state index is 0.510. The molecule has 0 amide bonds. The van der Waals surface area contributed by atoms with Crippen LogP contribution in [0.4, 0.5) is 5.82 Å². The molecular formula is C18H22N4O. The van der Waals surface area contributed by atoms with E-state index in [1.807, 2.05) is 30.3 Å². The summed E-state index contributed by atoms with van der Waals surface area (Å²) in [6, 6.07) is 10.5. The van der Waals surface area contributed by atoms with Gasteiger partial charge in [0.25, 0.3) is 0 Å². The molecule has 1 aromatic carbocycles. The Morgan fingerprint density at radius 2 is 1.91 bits per heavy atom. The maximum absolute atomic E-state index is 5.21. The Kier molecular flexibility index (Phi) is 3.87. The van der Waals surface area contributed by atoms with Crippen molar-refractivity contribution in [3.8, 4) is 17.0 Å². The second-order valence-corrected chi connectivity index (χ2v) is 6.41. The molecule has 5 nitrogen and oxygen atoms in total. The van der Waals surface area contributed by atoms with Crippen molar-refractivity contribution >= 4 is 5.82 Å². The lowest BCUT2D eigenvalue weighted by atomic mass is 9.84. The molecule has 3 aliphatic rings. The first-order valence-electron chi connectivity index (χ1n) is 8.27. The third-order valence-electron chi connectivity index (χ3n) is 5.04. The number of rotatable bonds is 4. The molecule has 120 valence electrons. The van der Waals surface area contributed by atoms with Gasteiger partial charge in [-0.15, -0.1) is 0 Å². The van der Waals surface area contributed by atoms with Gasteiger partial charge in [0.1, 0.15) is 17.9 Å². The molecule has 1 unspecified atom stereocenters. The lowest BCUT2D eigenvalue weighted by molar-refractivity contribution is 0.0974. The number of benzene rings is 1. The largest absolute Gasteiger partial charge is 0.497 e. The first kappa shape index (κ1) is 14.5. The quantitative estimate of drug-likeness (QED) is 0.941. The van der Waals surface area contributed by atoms with Crippen molar-refractivity contribution in [3.63, 3.8) is 0 Å². The van der Waals surface area contributed by atoms with Crippen LogP contribution in [0.15, 0.2) is 36.7 Å². The predicted octanol–water partition coefficient (Wildman–Crippen LogP) is 2.66. The normalized spacial score (nSPS) is 26.0. The standard InChI is InChI=1S/C18H22N4O/c1-23-15-4-2-13(3-5-15)16-10-18(20-12-19-16)21-17-11-22-8-6-14(17)7-9-22/h2-5,10,12,14,17H,6-9,11H2,1H3,(H,19,20,21). The maximum atomic E-state index is 5.21. The van der Waals surface area contributed by atoms with Crippen LogP contribution in [-0.2, 0) is 0 Å². The van der Waals surface area contributed by atoms with Gasteiger partial charge in [-0.05, 0) is 56.1 Å². The molecule has 5 heteroatoms. The van der Waals surface area contributed by atoms with Crippen molar-refractivity contribution in [1.82, 2.24) is 14.9 Å². The predicted molar refractivity (Wildman–Crippen MR) is 90.6 cm³/mol. The summed E-state index contributed by atoms with van der Waals surface area (Å²) in [5.41, 5.74) is 2.01. The first-order chi connectivity index (χ1) is 11.3. The van der Waals surface area contributed by atoms with E-state index in [1.165, 1.54) is 25.9 Å². The number of anilines is 1. The summed E-state index contributed by atoms with van der Waals surface area (Å²) in [5.74, 6) is 2.55. The summed E-state index contributed by atoms with van der Waals surface area (Å²) >= 11 is 0. The molecule has 0 spiro atoms. The second kappa shape index (κ2) is 6.16. The van der Waals surface area contributed by atoms with Crippen LogP contribution in [0.25, 0.3) is 11.3 Å². The monoisotopic (exact) mass is 310 g/mol. The maximum Gasteiger partial charge on any atom is 0.130 e. The fourth-order valence-corrected chi connectivity index (χ4v) is 3.67. The summed E-state index contributed by atoms with van der Waals surface area (Å²) in [5, 5.41) is 3.63. The average Bonchev–Trinajstić information content (AvgIpc) is 2.63. The Bertz CT molecular complexity index is 665. The Morgan fingerprint density at radius 3 is 2.57 bits per heavy atom. The van der Waals surface area contributed by atoms with Crippen LogP contribution >= 0.6 is 0 Å². The summed E-state index contributed by atoms with van der Waals surface area (Å²) < 4.78 is 5.21. The van der Waals surface area contributed by atoms with Gasteiger partial charge < -0.3 is 15.0 Å². The molecule has 4 heterocycles. The highest BCUT2D eigenvalue weighted by Gasteiger charge is 2.34. The van der Waals surface area contributed by atoms with E-state index in [9.17, 15) is 0 Å². The van der Waals surface area contributed by atoms with E-state index in [1.54, 1.807) is 13.4 Å². The Morgan fingerprint density at radius 1 is 1.13 bits per heavy atom. The van der Waals surface area contributed by atoms with Crippen LogP contribution in [0.2, 0.25) is 0 Å². The van der Waals surface area contributed by atoms with E-state index >= 15 is 0 Å². The van der Waals surface area contributed by atoms with Crippen LogP contribution < -0.4 is 10.1 Å². The molecule has 2 bridgehead atoms. The number of methoxy groups -OCH3 is 1. The molecule has 23 heavy (non-hydrogen) atoms. The molecule has 3 fully saturated rings. The molecular weight excluding hydrogens is 288 g/mol. The number of piperidine rings is 3. The van der Waals surface area contributed by atoms with Crippen LogP contribution in [-0.4, -0.2) is 47.7 Å². The van der Waals surface area contributed by atoms with Gasteiger partial charge in [0, 0.05) is 24.2 Å². The first-order valence-corrected chi connectivity index (χ1v) is 8.27. The van der Waals surface area contributed by atoms with E-state index in [-0.39, 0.29) is 0 Å². The van der Waals surface area contributed by atoms with Crippen molar-refractivity contribution in [2.24, 2.45) is 5.92 Å². The molecule has 0 saturated carbocycles. The zero-order valence-corrected chi connectivity index (χ0v) is 13.4. The molecule has 5 rings (SSSR count). The highest BCUT2D eigenvalue weighted by molar-refractivity contribution is 5.63. The van der Waals surface area contributed by atoms with Gasteiger partial charge in [0.15, 0.2) is 0 Å². The number of fused-ring (bicyclic) bond motifs is 3. The van der Waals surface area contributed by atoms with E-state index in [0.29, 0.717) is 6.04 Å². The third kappa shape index (κ3) is 3.01. The number of nitrogens with one attached hydrogen (secondary N) is 1. The van der Waals surface area contributed by atoms with Gasteiger partial charge >= 0.3 is 0 Å². The number of ether oxygens (including phenoxy) is 1. The van der Waals surface area contributed by atoms with Crippen molar-refractivity contribution < 1.29 is 4.74 Å². The van der Waals surface area contributed by atoms with E-state index in [4.69, 9.17) is 4.74 Å². The SMILES string of the molecule is COc1ccc(-c2cc(NC3CN4CCC3CC4)ncn2)cc1. The third-order valence-corrected chi connectivity index (χ3v) is 5.04. The molecule has 0 aliphatic carbocycles. The van der Waals surface area contributed by atoms with Crippen LogP contribution in [0.1, 0.15) is 12.8 Å². The van der Waals surface area contributed by atoms with Gasteiger partial charge in [0.05, 0.1) is 12.8 Å². The molecule has 1 N–H and O–H groups in total. The van der Waals surface area contributed by atoms with Gasteiger partial charge in [-0.3, -0.25) is 0 Å². The fourth-order valence-electron chi connectivity index (χ4n) is 3.67. The Hall–Kier alpha value is -2.14. The fraction of sp³-hybridized carbons (Fsp3) is 0.444. The number of nitrogens with zero attached hydrogens (tertiary/aromatic N) is 3. The lowest BCUT2D eigenvalue weighted by Crippen LogP contribution is -2.53. The number of hydrogen-bond donors (Lipinski definition) is 1. The summed E-state index contributed by atoms with van der Waals surface area (Å²) in [7, 11) is 1.68. The van der Waals surface area contributed by atoms with Crippen molar-refractivity contribution in [2.75, 3.05) is 32.1 Å². The van der Waals surface area contributed by atoms with Crippen molar-refractivity contribution in [2.45, 2.75) is 18.9 Å². The zero-order chi connectivity index (χ0) is 15.6. The highest BCUT2D eigenvalue weighted by Crippen LogP contribution is 2.30. The topological polar surface area (TPSA) is 50.3 Å². The van der Waals surface area contributed by atoms with Gasteiger partial charge in [-0.1, -0.05) is 0 Å². The molecule has 3 aliphatic heterocycles. The molecule has 1 aromatic heterocycles. The highest BCUT2D eigenvalue weighted by atomic mass is 16.5. The van der Waals surface area contributed by atoms with E-state index < -0.39 is 0 Å². The Balaban J connectivity index is 1.51. The van der Waals surface area contributed by atoms with Crippen molar-refractivity contribution in [3.05, 3.63) is 36.7 Å². The molecule has 2 aromatic rings.